The van der Waals surface area contributed by atoms with E-state index >= 15 is 0 Å². The van der Waals surface area contributed by atoms with Crippen LogP contribution in [0, 0.1) is 5.92 Å². The van der Waals surface area contributed by atoms with Crippen molar-refractivity contribution in [2.24, 2.45) is 11.8 Å². The number of carbonyl (C=O) groups excluding carboxylic acids is 1. The second-order valence-corrected chi connectivity index (χ2v) is 5.02. The summed E-state index contributed by atoms with van der Waals surface area (Å²) in [6.07, 6.45) is 1.58. The highest BCUT2D eigenvalue weighted by atomic mass is 16.2. The first-order valence-corrected chi connectivity index (χ1v) is 6.19. The van der Waals surface area contributed by atoms with Crippen molar-refractivity contribution in [2.45, 2.75) is 33.7 Å². The van der Waals surface area contributed by atoms with Crippen LogP contribution in [0.4, 0.5) is 5.69 Å². The molecular formula is C13H22N4O. The van der Waals surface area contributed by atoms with Crippen LogP contribution in [0.3, 0.4) is 0 Å². The van der Waals surface area contributed by atoms with Gasteiger partial charge in [-0.15, -0.1) is 0 Å². The van der Waals surface area contributed by atoms with Crippen molar-refractivity contribution in [1.29, 1.82) is 0 Å². The standard InChI is InChI=1S/C13H22N4O/c1-9(2)8-17(10(3)4)13(18)12-7-11(16-14)5-6-15-12/h5-7,9-10H,8,14H2,1-4H3,(H,15,16). The SMILES string of the molecule is CC(C)CN(C(=O)c1cc(NN)ccn1)C(C)C. The summed E-state index contributed by atoms with van der Waals surface area (Å²) in [6, 6.07) is 3.54. The zero-order valence-corrected chi connectivity index (χ0v) is 11.5. The van der Waals surface area contributed by atoms with Gasteiger partial charge in [-0.2, -0.15) is 0 Å². The van der Waals surface area contributed by atoms with E-state index in [0.29, 0.717) is 17.3 Å². The van der Waals surface area contributed by atoms with Gasteiger partial charge in [0.2, 0.25) is 0 Å². The van der Waals surface area contributed by atoms with Crippen LogP contribution >= 0.6 is 0 Å². The Morgan fingerprint density at radius 2 is 2.11 bits per heavy atom. The van der Waals surface area contributed by atoms with Gasteiger partial charge in [0.1, 0.15) is 5.69 Å². The molecule has 1 heterocycles. The van der Waals surface area contributed by atoms with Gasteiger partial charge in [0.15, 0.2) is 0 Å². The van der Waals surface area contributed by atoms with Gasteiger partial charge in [-0.25, -0.2) is 0 Å². The molecule has 1 aromatic rings. The molecule has 0 aliphatic heterocycles. The Kier molecular flexibility index (Phi) is 5.09. The zero-order chi connectivity index (χ0) is 13.7. The molecular weight excluding hydrogens is 228 g/mol. The number of nitrogens with zero attached hydrogens (tertiary/aromatic N) is 2. The van der Waals surface area contributed by atoms with Crippen LogP contribution in [-0.2, 0) is 0 Å². The first-order valence-electron chi connectivity index (χ1n) is 6.19. The highest BCUT2D eigenvalue weighted by Gasteiger charge is 2.20. The smallest absolute Gasteiger partial charge is 0.272 e. The molecule has 100 valence electrons. The maximum absolute atomic E-state index is 12.4. The fraction of sp³-hybridized carbons (Fsp3) is 0.538. The zero-order valence-electron chi connectivity index (χ0n) is 11.5. The lowest BCUT2D eigenvalue weighted by Crippen LogP contribution is -2.39. The maximum Gasteiger partial charge on any atom is 0.272 e. The molecule has 0 bridgehead atoms. The van der Waals surface area contributed by atoms with Gasteiger partial charge < -0.3 is 10.3 Å². The van der Waals surface area contributed by atoms with Crippen molar-refractivity contribution in [3.8, 4) is 0 Å². The van der Waals surface area contributed by atoms with E-state index in [9.17, 15) is 4.79 Å². The molecule has 5 nitrogen and oxygen atoms in total. The first kappa shape index (κ1) is 14.4. The van der Waals surface area contributed by atoms with Crippen LogP contribution in [0.5, 0.6) is 0 Å². The third kappa shape index (κ3) is 3.70. The molecule has 1 rings (SSSR count). The summed E-state index contributed by atoms with van der Waals surface area (Å²) < 4.78 is 0. The summed E-state index contributed by atoms with van der Waals surface area (Å²) in [5.41, 5.74) is 3.62. The minimum Gasteiger partial charge on any atom is -0.335 e. The van der Waals surface area contributed by atoms with Crippen LogP contribution in [-0.4, -0.2) is 28.4 Å². The quantitative estimate of drug-likeness (QED) is 0.618. The van der Waals surface area contributed by atoms with E-state index < -0.39 is 0 Å². The Morgan fingerprint density at radius 3 is 2.61 bits per heavy atom. The minimum atomic E-state index is -0.0594. The molecule has 0 spiro atoms. The second kappa shape index (κ2) is 6.35. The number of hydrogen-bond donors (Lipinski definition) is 2. The van der Waals surface area contributed by atoms with Gasteiger partial charge >= 0.3 is 0 Å². The van der Waals surface area contributed by atoms with Crippen LogP contribution in [0.1, 0.15) is 38.2 Å². The lowest BCUT2D eigenvalue weighted by molar-refractivity contribution is 0.0676. The molecule has 0 atom stereocenters. The fourth-order valence-corrected chi connectivity index (χ4v) is 1.71. The Labute approximate surface area is 108 Å². The third-order valence-corrected chi connectivity index (χ3v) is 2.59. The average molecular weight is 250 g/mol. The van der Waals surface area contributed by atoms with Gasteiger partial charge in [-0.3, -0.25) is 15.6 Å². The number of nitrogen functional groups attached to an aromatic ring is 1. The maximum atomic E-state index is 12.4. The molecule has 18 heavy (non-hydrogen) atoms. The van der Waals surface area contributed by atoms with Gasteiger partial charge in [0.25, 0.3) is 5.91 Å². The summed E-state index contributed by atoms with van der Waals surface area (Å²) in [7, 11) is 0. The number of pyridine rings is 1. The minimum absolute atomic E-state index is 0.0594. The van der Waals surface area contributed by atoms with E-state index in [1.165, 1.54) is 0 Å². The monoisotopic (exact) mass is 250 g/mol. The van der Waals surface area contributed by atoms with Gasteiger partial charge in [0, 0.05) is 18.8 Å². The Bertz CT molecular complexity index is 404. The second-order valence-electron chi connectivity index (χ2n) is 5.02. The number of carbonyl (C=O) groups is 1. The fourth-order valence-electron chi connectivity index (χ4n) is 1.71. The number of hydrogen-bond acceptors (Lipinski definition) is 4. The number of nitrogens with one attached hydrogen (secondary N) is 1. The predicted molar refractivity (Wildman–Crippen MR) is 73.1 cm³/mol. The van der Waals surface area contributed by atoms with E-state index in [1.54, 1.807) is 18.3 Å². The predicted octanol–water partition coefficient (Wildman–Crippen LogP) is 1.87. The highest BCUT2D eigenvalue weighted by molar-refractivity contribution is 5.93. The van der Waals surface area contributed by atoms with E-state index in [0.717, 1.165) is 6.54 Å². The molecule has 0 saturated carbocycles. The number of amides is 1. The van der Waals surface area contributed by atoms with Crippen molar-refractivity contribution in [3.05, 3.63) is 24.0 Å². The summed E-state index contributed by atoms with van der Waals surface area (Å²) in [6.45, 7) is 8.91. The molecule has 1 amide bonds. The molecule has 3 N–H and O–H groups in total. The Balaban J connectivity index is 2.94. The van der Waals surface area contributed by atoms with Crippen LogP contribution in [0.2, 0.25) is 0 Å². The molecule has 0 aliphatic rings. The number of aromatic nitrogens is 1. The summed E-state index contributed by atoms with van der Waals surface area (Å²) in [5.74, 6) is 5.70. The van der Waals surface area contributed by atoms with Crippen molar-refractivity contribution in [3.63, 3.8) is 0 Å². The highest BCUT2D eigenvalue weighted by Crippen LogP contribution is 2.12. The Morgan fingerprint density at radius 1 is 1.44 bits per heavy atom. The van der Waals surface area contributed by atoms with Crippen LogP contribution < -0.4 is 11.3 Å². The molecule has 0 fully saturated rings. The lowest BCUT2D eigenvalue weighted by Gasteiger charge is -2.28. The number of nitrogens with two attached hydrogens (primary N) is 1. The van der Waals surface area contributed by atoms with Crippen molar-refractivity contribution in [1.82, 2.24) is 9.88 Å². The molecule has 0 saturated heterocycles. The largest absolute Gasteiger partial charge is 0.335 e. The third-order valence-electron chi connectivity index (χ3n) is 2.59. The van der Waals surface area contributed by atoms with E-state index in [-0.39, 0.29) is 11.9 Å². The molecule has 1 aromatic heterocycles. The lowest BCUT2D eigenvalue weighted by atomic mass is 10.1. The number of anilines is 1. The number of rotatable bonds is 5. The molecule has 0 aromatic carbocycles. The van der Waals surface area contributed by atoms with Gasteiger partial charge in [0.05, 0.1) is 5.69 Å². The van der Waals surface area contributed by atoms with Crippen molar-refractivity contribution in [2.75, 3.05) is 12.0 Å². The molecule has 5 heteroatoms. The van der Waals surface area contributed by atoms with Crippen molar-refractivity contribution >= 4 is 11.6 Å². The Hall–Kier alpha value is -1.62. The van der Waals surface area contributed by atoms with E-state index in [4.69, 9.17) is 5.84 Å². The van der Waals surface area contributed by atoms with Crippen LogP contribution in [0.15, 0.2) is 18.3 Å². The van der Waals surface area contributed by atoms with E-state index in [2.05, 4.69) is 24.3 Å². The summed E-state index contributed by atoms with van der Waals surface area (Å²) >= 11 is 0. The first-order chi connectivity index (χ1) is 8.45. The van der Waals surface area contributed by atoms with Gasteiger partial charge in [-0.05, 0) is 31.9 Å². The van der Waals surface area contributed by atoms with E-state index in [1.807, 2.05) is 18.7 Å². The van der Waals surface area contributed by atoms with Crippen molar-refractivity contribution < 1.29 is 4.79 Å². The normalized spacial score (nSPS) is 10.8. The molecule has 0 aliphatic carbocycles. The summed E-state index contributed by atoms with van der Waals surface area (Å²) in [5, 5.41) is 0. The topological polar surface area (TPSA) is 71.2 Å². The van der Waals surface area contributed by atoms with Gasteiger partial charge in [-0.1, -0.05) is 13.8 Å². The molecule has 0 unspecified atom stereocenters. The average Bonchev–Trinajstić information content (AvgIpc) is 2.34. The van der Waals surface area contributed by atoms with Crippen LogP contribution in [0.25, 0.3) is 0 Å². The number of hydrazine groups is 1. The molecule has 0 radical (unpaired) electrons. The summed E-state index contributed by atoms with van der Waals surface area (Å²) in [4.78, 5) is 18.3.